The van der Waals surface area contributed by atoms with E-state index in [9.17, 15) is 4.39 Å². The van der Waals surface area contributed by atoms with Gasteiger partial charge in [-0.1, -0.05) is 42.5 Å². The zero-order valence-corrected chi connectivity index (χ0v) is 15.2. The number of nitrogens with zero attached hydrogens (tertiary/aromatic N) is 3. The quantitative estimate of drug-likeness (QED) is 0.617. The molecule has 5 heteroatoms. The molecule has 0 aliphatic rings. The summed E-state index contributed by atoms with van der Waals surface area (Å²) in [6.45, 7) is 2.12. The van der Waals surface area contributed by atoms with Gasteiger partial charge in [-0.05, 0) is 36.4 Å². The van der Waals surface area contributed by atoms with E-state index in [1.54, 1.807) is 6.20 Å². The van der Waals surface area contributed by atoms with Gasteiger partial charge in [-0.3, -0.25) is 9.58 Å². The summed E-state index contributed by atoms with van der Waals surface area (Å²) >= 11 is 0. The van der Waals surface area contributed by atoms with Crippen LogP contribution < -0.4 is 0 Å². The fourth-order valence-corrected chi connectivity index (χ4v) is 2.93. The second-order valence-electron chi connectivity index (χ2n) is 6.41. The van der Waals surface area contributed by atoms with Crippen LogP contribution in [0, 0.1) is 5.82 Å². The fourth-order valence-electron chi connectivity index (χ4n) is 2.93. The van der Waals surface area contributed by atoms with E-state index in [2.05, 4.69) is 22.1 Å². The third kappa shape index (κ3) is 4.77. The van der Waals surface area contributed by atoms with Crippen LogP contribution in [0.1, 0.15) is 22.9 Å². The van der Waals surface area contributed by atoms with Crippen LogP contribution in [-0.4, -0.2) is 34.9 Å². The summed E-state index contributed by atoms with van der Waals surface area (Å²) in [6, 6.07) is 18.8. The van der Waals surface area contributed by atoms with Crippen molar-refractivity contribution in [1.29, 1.82) is 0 Å². The van der Waals surface area contributed by atoms with E-state index >= 15 is 0 Å². The minimum atomic E-state index is -0.207. The van der Waals surface area contributed by atoms with Gasteiger partial charge in [0, 0.05) is 26.3 Å². The molecule has 0 aliphatic carbocycles. The second-order valence-corrected chi connectivity index (χ2v) is 6.41. The number of halogens is 1. The van der Waals surface area contributed by atoms with Gasteiger partial charge in [0.2, 0.25) is 0 Å². The molecular weight excluding hydrogens is 329 g/mol. The van der Waals surface area contributed by atoms with Crippen LogP contribution >= 0.6 is 0 Å². The van der Waals surface area contributed by atoms with Crippen molar-refractivity contribution in [2.75, 3.05) is 20.2 Å². The predicted molar refractivity (Wildman–Crippen MR) is 100 cm³/mol. The standard InChI is InChI=1S/C21H24FN3O/c1-24(16-17-8-10-19(22)11-9-17)14-15-26-21(18-6-4-3-5-7-18)20-12-13-23-25(20)2/h3-13,21H,14-16H2,1-2H3/t21-/m0/s1. The summed E-state index contributed by atoms with van der Waals surface area (Å²) in [4.78, 5) is 2.17. The summed E-state index contributed by atoms with van der Waals surface area (Å²) in [5.74, 6) is -0.207. The monoisotopic (exact) mass is 353 g/mol. The Balaban J connectivity index is 1.59. The minimum Gasteiger partial charge on any atom is -0.366 e. The summed E-state index contributed by atoms with van der Waals surface area (Å²) in [7, 11) is 3.96. The van der Waals surface area contributed by atoms with Crippen molar-refractivity contribution in [1.82, 2.24) is 14.7 Å². The summed E-state index contributed by atoms with van der Waals surface area (Å²) in [6.07, 6.45) is 1.64. The normalized spacial score (nSPS) is 12.5. The van der Waals surface area contributed by atoms with Crippen LogP contribution in [0.2, 0.25) is 0 Å². The Morgan fingerprint density at radius 3 is 2.46 bits per heavy atom. The number of benzene rings is 2. The van der Waals surface area contributed by atoms with Crippen LogP contribution in [0.4, 0.5) is 4.39 Å². The van der Waals surface area contributed by atoms with Gasteiger partial charge in [0.05, 0.1) is 12.3 Å². The molecule has 0 saturated carbocycles. The van der Waals surface area contributed by atoms with Gasteiger partial charge in [0.25, 0.3) is 0 Å². The first-order valence-corrected chi connectivity index (χ1v) is 8.71. The Bertz CT molecular complexity index is 802. The average molecular weight is 353 g/mol. The molecule has 3 rings (SSSR count). The first-order valence-electron chi connectivity index (χ1n) is 8.71. The molecule has 0 radical (unpaired) electrons. The zero-order valence-electron chi connectivity index (χ0n) is 15.2. The highest BCUT2D eigenvalue weighted by Gasteiger charge is 2.18. The maximum Gasteiger partial charge on any atom is 0.124 e. The first-order chi connectivity index (χ1) is 12.6. The van der Waals surface area contributed by atoms with E-state index in [0.717, 1.165) is 29.9 Å². The zero-order chi connectivity index (χ0) is 18.4. The minimum absolute atomic E-state index is 0.150. The van der Waals surface area contributed by atoms with Crippen molar-refractivity contribution in [2.45, 2.75) is 12.6 Å². The van der Waals surface area contributed by atoms with Gasteiger partial charge >= 0.3 is 0 Å². The molecule has 0 fully saturated rings. The largest absolute Gasteiger partial charge is 0.366 e. The average Bonchev–Trinajstić information content (AvgIpc) is 3.07. The van der Waals surface area contributed by atoms with Gasteiger partial charge in [-0.15, -0.1) is 0 Å². The van der Waals surface area contributed by atoms with Gasteiger partial charge < -0.3 is 4.74 Å². The van der Waals surface area contributed by atoms with E-state index in [-0.39, 0.29) is 11.9 Å². The summed E-state index contributed by atoms with van der Waals surface area (Å²) in [5, 5.41) is 4.26. The van der Waals surface area contributed by atoms with Gasteiger partial charge in [0.15, 0.2) is 0 Å². The van der Waals surface area contributed by atoms with E-state index in [4.69, 9.17) is 4.74 Å². The Hall–Kier alpha value is -2.50. The van der Waals surface area contributed by atoms with Gasteiger partial charge in [-0.25, -0.2) is 4.39 Å². The van der Waals surface area contributed by atoms with Crippen molar-refractivity contribution < 1.29 is 9.13 Å². The van der Waals surface area contributed by atoms with Crippen LogP contribution in [0.15, 0.2) is 66.9 Å². The molecule has 2 aromatic carbocycles. The molecule has 1 heterocycles. The molecule has 0 saturated heterocycles. The molecule has 0 bridgehead atoms. The number of rotatable bonds is 8. The summed E-state index contributed by atoms with van der Waals surface area (Å²) in [5.41, 5.74) is 3.22. The molecule has 0 unspecified atom stereocenters. The molecule has 0 amide bonds. The number of aryl methyl sites for hydroxylation is 1. The third-order valence-corrected chi connectivity index (χ3v) is 4.35. The molecule has 26 heavy (non-hydrogen) atoms. The highest BCUT2D eigenvalue weighted by molar-refractivity contribution is 5.25. The molecule has 136 valence electrons. The van der Waals surface area contributed by atoms with Crippen LogP contribution in [0.3, 0.4) is 0 Å². The van der Waals surface area contributed by atoms with E-state index in [0.29, 0.717) is 6.61 Å². The van der Waals surface area contributed by atoms with Crippen molar-refractivity contribution in [3.8, 4) is 0 Å². The highest BCUT2D eigenvalue weighted by Crippen LogP contribution is 2.25. The number of aromatic nitrogens is 2. The third-order valence-electron chi connectivity index (χ3n) is 4.35. The lowest BCUT2D eigenvalue weighted by atomic mass is 10.1. The molecule has 4 nitrogen and oxygen atoms in total. The van der Waals surface area contributed by atoms with Crippen molar-refractivity contribution in [3.05, 3.63) is 89.5 Å². The Morgan fingerprint density at radius 1 is 1.08 bits per heavy atom. The molecule has 0 aliphatic heterocycles. The molecule has 0 spiro atoms. The van der Waals surface area contributed by atoms with Crippen LogP contribution in [0.5, 0.6) is 0 Å². The topological polar surface area (TPSA) is 30.3 Å². The van der Waals surface area contributed by atoms with E-state index in [1.165, 1.54) is 12.1 Å². The van der Waals surface area contributed by atoms with Crippen LogP contribution in [0.25, 0.3) is 0 Å². The lowest BCUT2D eigenvalue weighted by Crippen LogP contribution is -2.24. The Morgan fingerprint density at radius 2 is 1.81 bits per heavy atom. The lowest BCUT2D eigenvalue weighted by Gasteiger charge is -2.22. The molecule has 0 N–H and O–H groups in total. The van der Waals surface area contributed by atoms with Crippen molar-refractivity contribution >= 4 is 0 Å². The first kappa shape index (κ1) is 18.3. The smallest absolute Gasteiger partial charge is 0.124 e. The van der Waals surface area contributed by atoms with Crippen LogP contribution in [-0.2, 0) is 18.3 Å². The van der Waals surface area contributed by atoms with E-state index < -0.39 is 0 Å². The molecular formula is C21H24FN3O. The second kappa shape index (κ2) is 8.74. The molecule has 1 aromatic heterocycles. The predicted octanol–water partition coefficient (Wildman–Crippen LogP) is 3.80. The maximum atomic E-state index is 13.0. The van der Waals surface area contributed by atoms with Crippen molar-refractivity contribution in [3.63, 3.8) is 0 Å². The number of ether oxygens (including phenoxy) is 1. The Labute approximate surface area is 153 Å². The van der Waals surface area contributed by atoms with Gasteiger partial charge in [0.1, 0.15) is 11.9 Å². The molecule has 3 aromatic rings. The Kier molecular flexibility index (Phi) is 6.15. The maximum absolute atomic E-state index is 13.0. The molecule has 1 atom stereocenters. The lowest BCUT2D eigenvalue weighted by molar-refractivity contribution is 0.0589. The van der Waals surface area contributed by atoms with Gasteiger partial charge in [-0.2, -0.15) is 5.10 Å². The SMILES string of the molecule is CN(CCO[C@@H](c1ccccc1)c1ccnn1C)Cc1ccc(F)cc1. The number of hydrogen-bond donors (Lipinski definition) is 0. The number of likely N-dealkylation sites (N-methyl/N-ethyl adjacent to an activating group) is 1. The summed E-state index contributed by atoms with van der Waals surface area (Å²) < 4.78 is 21.1. The van der Waals surface area contributed by atoms with E-state index in [1.807, 2.05) is 55.2 Å². The fraction of sp³-hybridized carbons (Fsp3) is 0.286. The highest BCUT2D eigenvalue weighted by atomic mass is 19.1. The number of hydrogen-bond acceptors (Lipinski definition) is 3. The van der Waals surface area contributed by atoms with Crippen molar-refractivity contribution in [2.24, 2.45) is 7.05 Å².